The largest absolute Gasteiger partial charge is 0.388 e. The molecule has 0 radical (unpaired) electrons. The number of nitro groups is 1. The maximum Gasteiger partial charge on any atom is 0.333 e. The van der Waals surface area contributed by atoms with Gasteiger partial charge in [0.1, 0.15) is 5.69 Å². The lowest BCUT2D eigenvalue weighted by atomic mass is 9.79. The summed E-state index contributed by atoms with van der Waals surface area (Å²) in [5.41, 5.74) is -0.302. The van der Waals surface area contributed by atoms with E-state index in [-0.39, 0.29) is 5.69 Å². The standard InChI is InChI=1S/C14H24N4O3/c1-4-11-12(18(20)21)13(17(3)16-11)15-9-14(19)7-5-6-10(2)8-14/h10,15,19H,4-9H2,1-3H3. The number of aliphatic hydroxyl groups is 1. The van der Waals surface area contributed by atoms with Crippen LogP contribution in [0.4, 0.5) is 11.5 Å². The van der Waals surface area contributed by atoms with Gasteiger partial charge in [-0.1, -0.05) is 26.7 Å². The zero-order valence-electron chi connectivity index (χ0n) is 12.9. The third kappa shape index (κ3) is 3.34. The molecular weight excluding hydrogens is 272 g/mol. The van der Waals surface area contributed by atoms with Gasteiger partial charge in [-0.2, -0.15) is 5.10 Å². The average molecular weight is 296 g/mol. The van der Waals surface area contributed by atoms with Gasteiger partial charge in [0.15, 0.2) is 0 Å². The summed E-state index contributed by atoms with van der Waals surface area (Å²) in [6, 6.07) is 0. The van der Waals surface area contributed by atoms with Gasteiger partial charge in [0.25, 0.3) is 0 Å². The van der Waals surface area contributed by atoms with E-state index in [0.29, 0.717) is 30.4 Å². The van der Waals surface area contributed by atoms with E-state index in [0.717, 1.165) is 25.7 Å². The molecule has 0 spiro atoms. The van der Waals surface area contributed by atoms with E-state index >= 15 is 0 Å². The van der Waals surface area contributed by atoms with Crippen molar-refractivity contribution >= 4 is 11.5 Å². The van der Waals surface area contributed by atoms with Crippen LogP contribution in [-0.4, -0.2) is 32.0 Å². The minimum Gasteiger partial charge on any atom is -0.388 e. The molecular formula is C14H24N4O3. The molecule has 0 aliphatic heterocycles. The van der Waals surface area contributed by atoms with Crippen LogP contribution in [0.3, 0.4) is 0 Å². The first-order chi connectivity index (χ1) is 9.86. The summed E-state index contributed by atoms with van der Waals surface area (Å²) in [5.74, 6) is 0.863. The Morgan fingerprint density at radius 1 is 1.62 bits per heavy atom. The molecule has 0 bridgehead atoms. The van der Waals surface area contributed by atoms with Crippen molar-refractivity contribution in [1.29, 1.82) is 0 Å². The molecule has 7 nitrogen and oxygen atoms in total. The summed E-state index contributed by atoms with van der Waals surface area (Å²) in [6.45, 7) is 4.29. The number of aromatic nitrogens is 2. The molecule has 21 heavy (non-hydrogen) atoms. The van der Waals surface area contributed by atoms with Crippen LogP contribution in [-0.2, 0) is 13.5 Å². The fraction of sp³-hybridized carbons (Fsp3) is 0.786. The topological polar surface area (TPSA) is 93.2 Å². The smallest absolute Gasteiger partial charge is 0.333 e. The zero-order chi connectivity index (χ0) is 15.6. The number of rotatable bonds is 5. The van der Waals surface area contributed by atoms with E-state index in [9.17, 15) is 15.2 Å². The Kier molecular flexibility index (Phi) is 4.51. The minimum absolute atomic E-state index is 0.0208. The first-order valence-corrected chi connectivity index (χ1v) is 7.53. The van der Waals surface area contributed by atoms with E-state index in [1.165, 1.54) is 4.68 Å². The lowest BCUT2D eigenvalue weighted by Crippen LogP contribution is -2.41. The van der Waals surface area contributed by atoms with Crippen molar-refractivity contribution in [3.63, 3.8) is 0 Å². The second-order valence-electron chi connectivity index (χ2n) is 6.16. The molecule has 1 aliphatic rings. The van der Waals surface area contributed by atoms with Crippen molar-refractivity contribution in [2.24, 2.45) is 13.0 Å². The molecule has 1 saturated carbocycles. The van der Waals surface area contributed by atoms with E-state index in [2.05, 4.69) is 17.3 Å². The third-order valence-electron chi connectivity index (χ3n) is 4.26. The molecule has 118 valence electrons. The van der Waals surface area contributed by atoms with Crippen molar-refractivity contribution in [2.45, 2.75) is 51.6 Å². The molecule has 2 N–H and O–H groups in total. The van der Waals surface area contributed by atoms with Gasteiger partial charge >= 0.3 is 5.69 Å². The van der Waals surface area contributed by atoms with Crippen LogP contribution >= 0.6 is 0 Å². The molecule has 0 saturated heterocycles. The number of nitrogens with one attached hydrogen (secondary N) is 1. The third-order valence-corrected chi connectivity index (χ3v) is 4.26. The molecule has 7 heteroatoms. The van der Waals surface area contributed by atoms with Gasteiger partial charge in [-0.15, -0.1) is 0 Å². The highest BCUT2D eigenvalue weighted by Gasteiger charge is 2.34. The quantitative estimate of drug-likeness (QED) is 0.642. The number of nitrogens with zero attached hydrogens (tertiary/aromatic N) is 3. The van der Waals surface area contributed by atoms with Crippen LogP contribution in [0.25, 0.3) is 0 Å². The fourth-order valence-electron chi connectivity index (χ4n) is 3.24. The first-order valence-electron chi connectivity index (χ1n) is 7.53. The molecule has 2 rings (SSSR count). The zero-order valence-corrected chi connectivity index (χ0v) is 12.9. The lowest BCUT2D eigenvalue weighted by Gasteiger charge is -2.35. The SMILES string of the molecule is CCc1nn(C)c(NCC2(O)CCCC(C)C2)c1[N+](=O)[O-]. The summed E-state index contributed by atoms with van der Waals surface area (Å²) >= 11 is 0. The number of aryl methyl sites for hydroxylation is 2. The van der Waals surface area contributed by atoms with Crippen LogP contribution < -0.4 is 5.32 Å². The predicted molar refractivity (Wildman–Crippen MR) is 80.3 cm³/mol. The van der Waals surface area contributed by atoms with Gasteiger partial charge < -0.3 is 10.4 Å². The van der Waals surface area contributed by atoms with Gasteiger partial charge in [-0.05, 0) is 25.2 Å². The average Bonchev–Trinajstić information content (AvgIpc) is 2.72. The molecule has 2 unspecified atom stereocenters. The number of hydrogen-bond donors (Lipinski definition) is 2. The van der Waals surface area contributed by atoms with Crippen LogP contribution in [0, 0.1) is 16.0 Å². The Morgan fingerprint density at radius 3 is 2.90 bits per heavy atom. The van der Waals surface area contributed by atoms with Crippen molar-refractivity contribution in [1.82, 2.24) is 9.78 Å². The summed E-state index contributed by atoms with van der Waals surface area (Å²) in [4.78, 5) is 10.8. The highest BCUT2D eigenvalue weighted by molar-refractivity contribution is 5.60. The number of hydrogen-bond acceptors (Lipinski definition) is 5. The maximum atomic E-state index is 11.2. The van der Waals surface area contributed by atoms with Crippen molar-refractivity contribution < 1.29 is 10.0 Å². The van der Waals surface area contributed by atoms with E-state index in [1.54, 1.807) is 7.05 Å². The Labute approximate surface area is 124 Å². The molecule has 1 heterocycles. The number of anilines is 1. The summed E-state index contributed by atoms with van der Waals surface area (Å²) in [5, 5.41) is 29.1. The molecule has 0 amide bonds. The Morgan fingerprint density at radius 2 is 2.33 bits per heavy atom. The van der Waals surface area contributed by atoms with Crippen molar-refractivity contribution in [2.75, 3.05) is 11.9 Å². The van der Waals surface area contributed by atoms with Crippen LogP contribution in [0.2, 0.25) is 0 Å². The highest BCUT2D eigenvalue weighted by atomic mass is 16.6. The van der Waals surface area contributed by atoms with E-state index in [4.69, 9.17) is 0 Å². The molecule has 1 fully saturated rings. The van der Waals surface area contributed by atoms with Crippen LogP contribution in [0.5, 0.6) is 0 Å². The maximum absolute atomic E-state index is 11.2. The molecule has 1 aromatic heterocycles. The Hall–Kier alpha value is -1.63. The monoisotopic (exact) mass is 296 g/mol. The van der Waals surface area contributed by atoms with Gasteiger partial charge in [0.05, 0.1) is 10.5 Å². The molecule has 0 aromatic carbocycles. The minimum atomic E-state index is -0.790. The fourth-order valence-corrected chi connectivity index (χ4v) is 3.24. The van der Waals surface area contributed by atoms with Crippen molar-refractivity contribution in [3.8, 4) is 0 Å². The molecule has 2 atom stereocenters. The highest BCUT2D eigenvalue weighted by Crippen LogP contribution is 2.34. The normalized spacial score (nSPS) is 25.8. The Balaban J connectivity index is 2.16. The lowest BCUT2D eigenvalue weighted by molar-refractivity contribution is -0.384. The van der Waals surface area contributed by atoms with Gasteiger partial charge in [0.2, 0.25) is 5.82 Å². The second kappa shape index (κ2) is 6.01. The first kappa shape index (κ1) is 15.8. The van der Waals surface area contributed by atoms with E-state index in [1.807, 2.05) is 6.92 Å². The van der Waals surface area contributed by atoms with Gasteiger partial charge in [-0.25, -0.2) is 4.68 Å². The summed E-state index contributed by atoms with van der Waals surface area (Å²) in [6.07, 6.45) is 4.09. The molecule has 1 aliphatic carbocycles. The second-order valence-corrected chi connectivity index (χ2v) is 6.16. The molecule has 1 aromatic rings. The predicted octanol–water partition coefficient (Wildman–Crippen LogP) is 2.24. The van der Waals surface area contributed by atoms with Crippen molar-refractivity contribution in [3.05, 3.63) is 15.8 Å². The summed E-state index contributed by atoms with van der Waals surface area (Å²) in [7, 11) is 1.68. The van der Waals surface area contributed by atoms with Gasteiger partial charge in [-0.3, -0.25) is 10.1 Å². The summed E-state index contributed by atoms with van der Waals surface area (Å²) < 4.78 is 1.49. The van der Waals surface area contributed by atoms with Gasteiger partial charge in [0, 0.05) is 13.6 Å². The van der Waals surface area contributed by atoms with Crippen LogP contribution in [0.15, 0.2) is 0 Å². The Bertz CT molecular complexity index is 529. The van der Waals surface area contributed by atoms with Crippen LogP contribution in [0.1, 0.15) is 45.2 Å². The van der Waals surface area contributed by atoms with E-state index < -0.39 is 10.5 Å².